The molecule has 1 fully saturated rings. The summed E-state index contributed by atoms with van der Waals surface area (Å²) in [6, 6.07) is 0. The zero-order chi connectivity index (χ0) is 13.7. The second-order valence-electron chi connectivity index (χ2n) is 4.57. The van der Waals surface area contributed by atoms with Gasteiger partial charge in [-0.1, -0.05) is 0 Å². The number of hydrogen-bond donors (Lipinski definition) is 2. The van der Waals surface area contributed by atoms with Gasteiger partial charge in [0, 0.05) is 13.2 Å². The minimum atomic E-state index is -0.252. The SMILES string of the molecule is O=c1c(Br)c(NCCOCC2CC2)cnn1CCO. The van der Waals surface area contributed by atoms with E-state index in [1.807, 2.05) is 0 Å². The van der Waals surface area contributed by atoms with E-state index in [1.54, 1.807) is 6.20 Å². The molecular weight excluding hydrogens is 314 g/mol. The van der Waals surface area contributed by atoms with Crippen LogP contribution in [0.4, 0.5) is 5.69 Å². The van der Waals surface area contributed by atoms with Crippen molar-refractivity contribution in [3.63, 3.8) is 0 Å². The Morgan fingerprint density at radius 1 is 1.58 bits per heavy atom. The Bertz CT molecular complexity index is 474. The average molecular weight is 332 g/mol. The van der Waals surface area contributed by atoms with Gasteiger partial charge in [0.15, 0.2) is 0 Å². The summed E-state index contributed by atoms with van der Waals surface area (Å²) in [6.07, 6.45) is 4.14. The summed E-state index contributed by atoms with van der Waals surface area (Å²) in [4.78, 5) is 11.8. The Hall–Kier alpha value is -0.920. The van der Waals surface area contributed by atoms with E-state index in [1.165, 1.54) is 17.5 Å². The lowest BCUT2D eigenvalue weighted by atomic mass is 10.4. The third-order valence-electron chi connectivity index (χ3n) is 2.91. The van der Waals surface area contributed by atoms with Crippen LogP contribution in [0.2, 0.25) is 0 Å². The maximum absolute atomic E-state index is 11.8. The first-order valence-corrected chi connectivity index (χ1v) is 7.19. The van der Waals surface area contributed by atoms with Crippen molar-refractivity contribution in [3.8, 4) is 0 Å². The fraction of sp³-hybridized carbons (Fsp3) is 0.667. The summed E-state index contributed by atoms with van der Waals surface area (Å²) >= 11 is 3.25. The molecule has 19 heavy (non-hydrogen) atoms. The first kappa shape index (κ1) is 14.5. The van der Waals surface area contributed by atoms with Crippen molar-refractivity contribution in [2.75, 3.05) is 31.7 Å². The van der Waals surface area contributed by atoms with Gasteiger partial charge in [0.05, 0.1) is 31.6 Å². The van der Waals surface area contributed by atoms with E-state index in [-0.39, 0.29) is 18.7 Å². The van der Waals surface area contributed by atoms with E-state index in [9.17, 15) is 4.79 Å². The van der Waals surface area contributed by atoms with Crippen molar-refractivity contribution < 1.29 is 9.84 Å². The van der Waals surface area contributed by atoms with Crippen LogP contribution in [-0.2, 0) is 11.3 Å². The lowest BCUT2D eigenvalue weighted by Crippen LogP contribution is -2.26. The summed E-state index contributed by atoms with van der Waals surface area (Å²) in [7, 11) is 0. The van der Waals surface area contributed by atoms with E-state index >= 15 is 0 Å². The molecule has 1 aliphatic carbocycles. The van der Waals surface area contributed by atoms with Crippen LogP contribution in [0.3, 0.4) is 0 Å². The number of nitrogens with zero attached hydrogens (tertiary/aromatic N) is 2. The number of rotatable bonds is 8. The smallest absolute Gasteiger partial charge is 0.283 e. The van der Waals surface area contributed by atoms with Gasteiger partial charge in [-0.25, -0.2) is 4.68 Å². The molecule has 1 aliphatic rings. The molecule has 0 aliphatic heterocycles. The molecule has 0 aromatic carbocycles. The molecule has 7 heteroatoms. The van der Waals surface area contributed by atoms with E-state index in [0.29, 0.717) is 23.3 Å². The van der Waals surface area contributed by atoms with Crippen LogP contribution in [0.5, 0.6) is 0 Å². The Kier molecular flexibility index (Phi) is 5.35. The van der Waals surface area contributed by atoms with E-state index < -0.39 is 0 Å². The third-order valence-corrected chi connectivity index (χ3v) is 3.68. The highest BCUT2D eigenvalue weighted by molar-refractivity contribution is 9.10. The zero-order valence-electron chi connectivity index (χ0n) is 10.6. The fourth-order valence-corrected chi connectivity index (χ4v) is 2.08. The molecule has 2 N–H and O–H groups in total. The number of halogens is 1. The first-order chi connectivity index (χ1) is 9.22. The van der Waals surface area contributed by atoms with Crippen LogP contribution in [-0.4, -0.2) is 41.3 Å². The molecule has 1 saturated carbocycles. The fourth-order valence-electron chi connectivity index (χ4n) is 1.63. The lowest BCUT2D eigenvalue weighted by molar-refractivity contribution is 0.134. The highest BCUT2D eigenvalue weighted by atomic mass is 79.9. The van der Waals surface area contributed by atoms with Gasteiger partial charge >= 0.3 is 0 Å². The number of hydrogen-bond acceptors (Lipinski definition) is 5. The van der Waals surface area contributed by atoms with Crippen LogP contribution < -0.4 is 10.9 Å². The Morgan fingerprint density at radius 2 is 2.37 bits per heavy atom. The molecule has 0 bridgehead atoms. The van der Waals surface area contributed by atoms with Crippen LogP contribution in [0.1, 0.15) is 12.8 Å². The summed E-state index contributed by atoms with van der Waals surface area (Å²) in [5.74, 6) is 0.760. The molecule has 0 unspecified atom stereocenters. The number of ether oxygens (including phenoxy) is 1. The minimum Gasteiger partial charge on any atom is -0.394 e. The summed E-state index contributed by atoms with van der Waals surface area (Å²) in [5, 5.41) is 15.9. The van der Waals surface area contributed by atoms with Crippen molar-refractivity contribution >= 4 is 21.6 Å². The number of aliphatic hydroxyl groups is 1. The van der Waals surface area contributed by atoms with Gasteiger partial charge in [-0.15, -0.1) is 0 Å². The lowest BCUT2D eigenvalue weighted by Gasteiger charge is -2.10. The van der Waals surface area contributed by atoms with E-state index in [2.05, 4.69) is 26.3 Å². The molecule has 2 rings (SSSR count). The van der Waals surface area contributed by atoms with Crippen LogP contribution >= 0.6 is 15.9 Å². The maximum Gasteiger partial charge on any atom is 0.283 e. The largest absolute Gasteiger partial charge is 0.394 e. The monoisotopic (exact) mass is 331 g/mol. The predicted octanol–water partition coefficient (Wildman–Crippen LogP) is 0.837. The van der Waals surface area contributed by atoms with E-state index in [0.717, 1.165) is 12.5 Å². The standard InChI is InChI=1S/C12H18BrN3O3/c13-11-10(7-15-16(4-5-17)12(11)18)14-3-6-19-8-9-1-2-9/h7,9,14,17H,1-6,8H2. The Balaban J connectivity index is 1.82. The topological polar surface area (TPSA) is 76.4 Å². The quantitative estimate of drug-likeness (QED) is 0.690. The summed E-state index contributed by atoms with van der Waals surface area (Å²) in [5.41, 5.74) is 0.396. The molecule has 1 aromatic heterocycles. The van der Waals surface area contributed by atoms with E-state index in [4.69, 9.17) is 9.84 Å². The molecule has 0 atom stereocenters. The molecule has 0 spiro atoms. The second kappa shape index (κ2) is 7.02. The zero-order valence-corrected chi connectivity index (χ0v) is 12.2. The molecule has 1 aromatic rings. The van der Waals surface area contributed by atoms with Gasteiger partial charge in [-0.2, -0.15) is 5.10 Å². The normalized spacial score (nSPS) is 14.6. The molecular formula is C12H18BrN3O3. The van der Waals surface area contributed by atoms with Gasteiger partial charge in [0.25, 0.3) is 5.56 Å². The minimum absolute atomic E-state index is 0.110. The first-order valence-electron chi connectivity index (χ1n) is 6.40. The molecule has 0 radical (unpaired) electrons. The van der Waals surface area contributed by atoms with Crippen molar-refractivity contribution in [3.05, 3.63) is 21.0 Å². The number of aliphatic hydroxyl groups excluding tert-OH is 1. The predicted molar refractivity (Wildman–Crippen MR) is 75.3 cm³/mol. The highest BCUT2D eigenvalue weighted by Gasteiger charge is 2.20. The highest BCUT2D eigenvalue weighted by Crippen LogP contribution is 2.28. The molecule has 0 amide bonds. The molecule has 106 valence electrons. The van der Waals surface area contributed by atoms with Crippen LogP contribution in [0.25, 0.3) is 0 Å². The van der Waals surface area contributed by atoms with Gasteiger partial charge in [-0.05, 0) is 34.7 Å². The van der Waals surface area contributed by atoms with Crippen molar-refractivity contribution in [1.29, 1.82) is 0 Å². The van der Waals surface area contributed by atoms with Crippen molar-refractivity contribution in [1.82, 2.24) is 9.78 Å². The number of anilines is 1. The number of nitrogens with one attached hydrogen (secondary N) is 1. The Labute approximate surface area is 119 Å². The maximum atomic E-state index is 11.8. The molecule has 0 saturated heterocycles. The van der Waals surface area contributed by atoms with Gasteiger partial charge < -0.3 is 15.2 Å². The molecule has 1 heterocycles. The van der Waals surface area contributed by atoms with Crippen LogP contribution in [0.15, 0.2) is 15.5 Å². The summed E-state index contributed by atoms with van der Waals surface area (Å²) in [6.45, 7) is 2.17. The summed E-state index contributed by atoms with van der Waals surface area (Å²) < 4.78 is 7.15. The van der Waals surface area contributed by atoms with Gasteiger partial charge in [0.2, 0.25) is 0 Å². The number of aromatic nitrogens is 2. The molecule has 6 nitrogen and oxygen atoms in total. The second-order valence-corrected chi connectivity index (χ2v) is 5.36. The van der Waals surface area contributed by atoms with Crippen molar-refractivity contribution in [2.24, 2.45) is 5.92 Å². The van der Waals surface area contributed by atoms with Crippen molar-refractivity contribution in [2.45, 2.75) is 19.4 Å². The third kappa shape index (κ3) is 4.29. The van der Waals surface area contributed by atoms with Gasteiger partial charge in [-0.3, -0.25) is 4.79 Å². The Morgan fingerprint density at radius 3 is 3.05 bits per heavy atom. The van der Waals surface area contributed by atoms with Crippen LogP contribution in [0, 0.1) is 5.92 Å². The van der Waals surface area contributed by atoms with Gasteiger partial charge in [0.1, 0.15) is 4.47 Å². The average Bonchev–Trinajstić information content (AvgIpc) is 3.21.